The fourth-order valence-corrected chi connectivity index (χ4v) is 2.61. The summed E-state index contributed by atoms with van der Waals surface area (Å²) in [6.45, 7) is 0.762. The van der Waals surface area contributed by atoms with Gasteiger partial charge in [0.2, 0.25) is 0 Å². The van der Waals surface area contributed by atoms with Crippen molar-refractivity contribution in [2.24, 2.45) is 0 Å². The van der Waals surface area contributed by atoms with E-state index in [1.54, 1.807) is 35.7 Å². The summed E-state index contributed by atoms with van der Waals surface area (Å²) in [6, 6.07) is 4.93. The standard InChI is InChI=1S/C12H11BrN2O2S/c13-9-7-8(12(16)17)1-2-10(9)14-4-3-11-15-5-6-18-11/h1-2,5-7,14H,3-4H2,(H,16,17). The van der Waals surface area contributed by atoms with Crippen molar-refractivity contribution in [3.05, 3.63) is 44.8 Å². The average Bonchev–Trinajstić information content (AvgIpc) is 2.84. The summed E-state index contributed by atoms with van der Waals surface area (Å²) in [5, 5.41) is 15.1. The van der Waals surface area contributed by atoms with Crippen LogP contribution < -0.4 is 5.32 Å². The first-order valence-corrected chi connectivity index (χ1v) is 6.99. The van der Waals surface area contributed by atoms with Gasteiger partial charge in [-0.15, -0.1) is 11.3 Å². The van der Waals surface area contributed by atoms with Crippen molar-refractivity contribution in [2.45, 2.75) is 6.42 Å². The van der Waals surface area contributed by atoms with Gasteiger partial charge in [-0.1, -0.05) is 0 Å². The summed E-state index contributed by atoms with van der Waals surface area (Å²) in [5.74, 6) is -0.926. The van der Waals surface area contributed by atoms with E-state index in [2.05, 4.69) is 26.2 Å². The minimum absolute atomic E-state index is 0.271. The first kappa shape index (κ1) is 13.0. The van der Waals surface area contributed by atoms with Crippen LogP contribution >= 0.6 is 27.3 Å². The number of carboxylic acid groups (broad SMARTS) is 1. The highest BCUT2D eigenvalue weighted by Gasteiger charge is 2.06. The highest BCUT2D eigenvalue weighted by molar-refractivity contribution is 9.10. The molecule has 2 aromatic rings. The zero-order chi connectivity index (χ0) is 13.0. The molecule has 1 aromatic carbocycles. The van der Waals surface area contributed by atoms with Crippen molar-refractivity contribution in [3.63, 3.8) is 0 Å². The molecule has 1 heterocycles. The van der Waals surface area contributed by atoms with Crippen LogP contribution in [0.1, 0.15) is 15.4 Å². The lowest BCUT2D eigenvalue weighted by atomic mass is 10.2. The van der Waals surface area contributed by atoms with Crippen molar-refractivity contribution >= 4 is 38.9 Å². The summed E-state index contributed by atoms with van der Waals surface area (Å²) in [5.41, 5.74) is 1.16. The Morgan fingerprint density at radius 3 is 2.94 bits per heavy atom. The Morgan fingerprint density at radius 2 is 2.33 bits per heavy atom. The number of aromatic nitrogens is 1. The molecule has 0 saturated carbocycles. The molecule has 0 saturated heterocycles. The lowest BCUT2D eigenvalue weighted by molar-refractivity contribution is 0.0697. The molecule has 0 unspecified atom stereocenters. The second-order valence-electron chi connectivity index (χ2n) is 3.60. The maximum absolute atomic E-state index is 10.8. The van der Waals surface area contributed by atoms with Crippen LogP contribution in [0.3, 0.4) is 0 Å². The molecule has 0 fully saturated rings. The lowest BCUT2D eigenvalue weighted by Gasteiger charge is -2.08. The Hall–Kier alpha value is -1.40. The number of carboxylic acids is 1. The van der Waals surface area contributed by atoms with Gasteiger partial charge in [0.15, 0.2) is 0 Å². The van der Waals surface area contributed by atoms with E-state index in [-0.39, 0.29) is 5.56 Å². The van der Waals surface area contributed by atoms with Crippen molar-refractivity contribution in [2.75, 3.05) is 11.9 Å². The largest absolute Gasteiger partial charge is 0.478 e. The molecule has 6 heteroatoms. The fraction of sp³-hybridized carbons (Fsp3) is 0.167. The average molecular weight is 327 g/mol. The number of anilines is 1. The molecule has 0 radical (unpaired) electrons. The van der Waals surface area contributed by atoms with E-state index in [0.717, 1.165) is 28.1 Å². The van der Waals surface area contributed by atoms with Crippen LogP contribution in [-0.4, -0.2) is 22.6 Å². The van der Waals surface area contributed by atoms with Gasteiger partial charge in [-0.25, -0.2) is 9.78 Å². The fourth-order valence-electron chi connectivity index (χ4n) is 1.47. The molecule has 2 rings (SSSR count). The SMILES string of the molecule is O=C(O)c1ccc(NCCc2nccs2)c(Br)c1. The van der Waals surface area contributed by atoms with Crippen molar-refractivity contribution in [1.82, 2.24) is 4.98 Å². The van der Waals surface area contributed by atoms with Gasteiger partial charge in [0.1, 0.15) is 0 Å². The molecule has 0 spiro atoms. The molecule has 0 aliphatic rings. The molecular weight excluding hydrogens is 316 g/mol. The zero-order valence-corrected chi connectivity index (χ0v) is 11.8. The van der Waals surface area contributed by atoms with Gasteiger partial charge >= 0.3 is 5.97 Å². The third-order valence-corrected chi connectivity index (χ3v) is 3.85. The quantitative estimate of drug-likeness (QED) is 0.885. The number of rotatable bonds is 5. The van der Waals surface area contributed by atoms with Crippen molar-refractivity contribution < 1.29 is 9.90 Å². The number of halogens is 1. The first-order chi connectivity index (χ1) is 8.66. The molecular formula is C12H11BrN2O2S. The van der Waals surface area contributed by atoms with Gasteiger partial charge in [0.25, 0.3) is 0 Å². The second-order valence-corrected chi connectivity index (χ2v) is 5.44. The number of nitrogens with zero attached hydrogens (tertiary/aromatic N) is 1. The van der Waals surface area contributed by atoms with E-state index in [1.165, 1.54) is 0 Å². The van der Waals surface area contributed by atoms with E-state index in [1.807, 2.05) is 5.38 Å². The molecule has 94 valence electrons. The van der Waals surface area contributed by atoms with Gasteiger partial charge in [0.05, 0.1) is 10.6 Å². The Bertz CT molecular complexity index is 543. The van der Waals surface area contributed by atoms with E-state index in [4.69, 9.17) is 5.11 Å². The summed E-state index contributed by atoms with van der Waals surface area (Å²) >= 11 is 4.98. The van der Waals surface area contributed by atoms with E-state index >= 15 is 0 Å². The number of thiazole rings is 1. The van der Waals surface area contributed by atoms with Gasteiger partial charge < -0.3 is 10.4 Å². The number of benzene rings is 1. The molecule has 18 heavy (non-hydrogen) atoms. The second kappa shape index (κ2) is 5.97. The van der Waals surface area contributed by atoms with Crippen LogP contribution in [0, 0.1) is 0 Å². The molecule has 0 bridgehead atoms. The smallest absolute Gasteiger partial charge is 0.335 e. The molecule has 0 aliphatic carbocycles. The van der Waals surface area contributed by atoms with Gasteiger partial charge in [0, 0.05) is 34.7 Å². The Labute approximate surface area is 117 Å². The lowest BCUT2D eigenvalue weighted by Crippen LogP contribution is -2.06. The van der Waals surface area contributed by atoms with E-state index in [0.29, 0.717) is 0 Å². The molecule has 2 N–H and O–H groups in total. The van der Waals surface area contributed by atoms with Crippen LogP contribution in [0.25, 0.3) is 0 Å². The number of carbonyl (C=O) groups is 1. The number of hydrogen-bond donors (Lipinski definition) is 2. The Kier molecular flexibility index (Phi) is 4.33. The van der Waals surface area contributed by atoms with Crippen LogP contribution in [0.5, 0.6) is 0 Å². The van der Waals surface area contributed by atoms with Crippen molar-refractivity contribution in [3.8, 4) is 0 Å². The summed E-state index contributed by atoms with van der Waals surface area (Å²) in [4.78, 5) is 15.0. The molecule has 0 atom stereocenters. The van der Waals surface area contributed by atoms with E-state index in [9.17, 15) is 4.79 Å². The van der Waals surface area contributed by atoms with E-state index < -0.39 is 5.97 Å². The van der Waals surface area contributed by atoms with Crippen LogP contribution in [0.15, 0.2) is 34.2 Å². The monoisotopic (exact) mass is 326 g/mol. The number of aromatic carboxylic acids is 1. The molecule has 4 nitrogen and oxygen atoms in total. The number of nitrogens with one attached hydrogen (secondary N) is 1. The maximum atomic E-state index is 10.8. The zero-order valence-electron chi connectivity index (χ0n) is 9.39. The third kappa shape index (κ3) is 3.30. The van der Waals surface area contributed by atoms with Gasteiger partial charge in [-0.3, -0.25) is 0 Å². The summed E-state index contributed by atoms with van der Waals surface area (Å²) in [6.07, 6.45) is 2.64. The first-order valence-electron chi connectivity index (χ1n) is 5.32. The highest BCUT2D eigenvalue weighted by Crippen LogP contribution is 2.23. The molecule has 0 amide bonds. The van der Waals surface area contributed by atoms with Crippen LogP contribution in [0.4, 0.5) is 5.69 Å². The Morgan fingerprint density at radius 1 is 1.50 bits per heavy atom. The van der Waals surface area contributed by atoms with Crippen LogP contribution in [-0.2, 0) is 6.42 Å². The topological polar surface area (TPSA) is 62.2 Å². The normalized spacial score (nSPS) is 10.3. The summed E-state index contributed by atoms with van der Waals surface area (Å²) < 4.78 is 0.751. The summed E-state index contributed by atoms with van der Waals surface area (Å²) in [7, 11) is 0. The predicted molar refractivity (Wildman–Crippen MR) is 75.4 cm³/mol. The molecule has 0 aliphatic heterocycles. The minimum atomic E-state index is -0.926. The Balaban J connectivity index is 1.95. The number of hydrogen-bond acceptors (Lipinski definition) is 4. The maximum Gasteiger partial charge on any atom is 0.335 e. The molecule has 1 aromatic heterocycles. The minimum Gasteiger partial charge on any atom is -0.478 e. The highest BCUT2D eigenvalue weighted by atomic mass is 79.9. The van der Waals surface area contributed by atoms with Gasteiger partial charge in [-0.05, 0) is 34.1 Å². The third-order valence-electron chi connectivity index (χ3n) is 2.35. The predicted octanol–water partition coefficient (Wildman–Crippen LogP) is 3.26. The van der Waals surface area contributed by atoms with Gasteiger partial charge in [-0.2, -0.15) is 0 Å². The van der Waals surface area contributed by atoms with Crippen molar-refractivity contribution in [1.29, 1.82) is 0 Å². The van der Waals surface area contributed by atoms with Crippen LogP contribution in [0.2, 0.25) is 0 Å².